The first-order valence-electron chi connectivity index (χ1n) is 34.8. The number of phosphoric ester groups is 1. The summed E-state index contributed by atoms with van der Waals surface area (Å²) < 4.78 is 30.8. The Balaban J connectivity index is 5.11. The number of nitrogens with one attached hydrogen (secondary N) is 1. The van der Waals surface area contributed by atoms with Gasteiger partial charge in [-0.15, -0.1) is 0 Å². The van der Waals surface area contributed by atoms with Crippen molar-refractivity contribution in [3.8, 4) is 0 Å². The van der Waals surface area contributed by atoms with Crippen molar-refractivity contribution < 1.29 is 37.3 Å². The largest absolute Gasteiger partial charge is 0.472 e. The predicted octanol–water partition coefficient (Wildman–Crippen LogP) is 22.0. The molecule has 9 nitrogen and oxygen atoms in total. The minimum absolute atomic E-state index is 0.0378. The van der Waals surface area contributed by atoms with Gasteiger partial charge in [0, 0.05) is 12.8 Å². The van der Waals surface area contributed by atoms with E-state index in [0.717, 1.165) is 77.0 Å². The molecular weight excluding hydrogens is 1040 g/mol. The summed E-state index contributed by atoms with van der Waals surface area (Å²) in [6, 6.07) is -0.854. The molecule has 3 unspecified atom stereocenters. The topological polar surface area (TPSA) is 111 Å². The van der Waals surface area contributed by atoms with Gasteiger partial charge in [0.15, 0.2) is 0 Å². The van der Waals surface area contributed by atoms with Crippen molar-refractivity contribution in [1.29, 1.82) is 0 Å². The fourth-order valence-corrected chi connectivity index (χ4v) is 10.7. The Morgan fingerprint density at radius 3 is 1.13 bits per heavy atom. The van der Waals surface area contributed by atoms with Crippen LogP contribution in [0, 0.1) is 0 Å². The molecule has 0 aliphatic rings. The van der Waals surface area contributed by atoms with E-state index in [4.69, 9.17) is 13.8 Å². The maximum absolute atomic E-state index is 13.6. The zero-order chi connectivity index (χ0) is 60.0. The lowest BCUT2D eigenvalue weighted by Gasteiger charge is -2.27. The minimum atomic E-state index is -4.46. The number of rotatable bonds is 63. The number of nitrogens with zero attached hydrogens (tertiary/aromatic N) is 1. The number of phosphoric acid groups is 1. The fraction of sp³-hybridized carbons (Fsp3) is 0.806. The lowest BCUT2D eigenvalue weighted by Crippen LogP contribution is -2.47. The third-order valence-electron chi connectivity index (χ3n) is 15.4. The molecule has 0 bridgehead atoms. The van der Waals surface area contributed by atoms with Crippen LogP contribution in [0.2, 0.25) is 0 Å². The Morgan fingerprint density at radius 1 is 0.427 bits per heavy atom. The number of likely N-dealkylation sites (N-methyl/N-ethyl adjacent to an activating group) is 1. The van der Waals surface area contributed by atoms with Crippen LogP contribution in [0.3, 0.4) is 0 Å². The molecule has 2 N–H and O–H groups in total. The third kappa shape index (κ3) is 62.0. The lowest BCUT2D eigenvalue weighted by molar-refractivity contribution is -0.870. The van der Waals surface area contributed by atoms with Gasteiger partial charge in [-0.3, -0.25) is 18.6 Å². The number of esters is 1. The van der Waals surface area contributed by atoms with Crippen LogP contribution in [-0.4, -0.2) is 74.3 Å². The third-order valence-corrected chi connectivity index (χ3v) is 16.4. The van der Waals surface area contributed by atoms with Gasteiger partial charge >= 0.3 is 13.8 Å². The van der Waals surface area contributed by atoms with E-state index in [0.29, 0.717) is 17.4 Å². The van der Waals surface area contributed by atoms with Gasteiger partial charge in [-0.1, -0.05) is 280 Å². The number of quaternary nitrogens is 1. The highest BCUT2D eigenvalue weighted by atomic mass is 31.2. The monoisotopic (exact) mass is 1170 g/mol. The highest BCUT2D eigenvalue weighted by Crippen LogP contribution is 2.43. The number of unbranched alkanes of at least 4 members (excludes halogenated alkanes) is 37. The number of ether oxygens (including phenoxy) is 1. The summed E-state index contributed by atoms with van der Waals surface area (Å²) in [5.41, 5.74) is 0. The van der Waals surface area contributed by atoms with Crippen LogP contribution >= 0.6 is 7.82 Å². The summed E-state index contributed by atoms with van der Waals surface area (Å²) in [6.45, 7) is 6.99. The van der Waals surface area contributed by atoms with Crippen LogP contribution < -0.4 is 5.32 Å². The number of amides is 1. The van der Waals surface area contributed by atoms with E-state index in [1.54, 1.807) is 0 Å². The van der Waals surface area contributed by atoms with Gasteiger partial charge < -0.3 is 19.4 Å². The standard InChI is InChI=1S/C72H133N2O7P/c1-7-10-13-16-19-22-25-28-30-32-34-36-37-39-40-42-44-46-49-52-55-58-61-64-71(75)73-69(68-80-82(77,78)79-67-66-74(4,5)6)70(63-60-57-54-51-48-27-24-21-18-15-12-9-3)81-72(76)65-62-59-56-53-50-47-45-43-41-38-35-33-31-29-26-23-20-17-14-11-8-2/h19-20,22-23,28-31,34,36,60,63,69-70H,7-18,21,24-27,32-33,35,37-59,61-62,64-68H2,1-6H3,(H-,73,75,77,78)/p+1/b22-19-,23-20-,30-28-,31-29-,36-34-,63-60+. The highest BCUT2D eigenvalue weighted by molar-refractivity contribution is 7.47. The molecule has 0 saturated heterocycles. The summed E-state index contributed by atoms with van der Waals surface area (Å²) in [5, 5.41) is 3.07. The molecule has 0 aromatic rings. The Bertz CT molecular complexity index is 1630. The number of carbonyl (C=O) groups is 2. The SMILES string of the molecule is CCCCC/C=C\C/C=C\C/C=C\CCCCCCCCCCCCC(=O)NC(COP(=O)(O)OCC[N+](C)(C)C)C(/C=C/CCCCCCCCCCCC)OC(=O)CCCCCCCCCCCCC/C=C\C/C=C\CCCCC. The zero-order valence-electron chi connectivity index (χ0n) is 54.7. The smallest absolute Gasteiger partial charge is 0.456 e. The quantitative estimate of drug-likeness (QED) is 0.0205. The summed E-state index contributed by atoms with van der Waals surface area (Å²) in [7, 11) is 1.49. The number of allylic oxidation sites excluding steroid dienone is 11. The van der Waals surface area contributed by atoms with E-state index < -0.39 is 20.0 Å². The minimum Gasteiger partial charge on any atom is -0.456 e. The molecule has 478 valence electrons. The normalized spacial score (nSPS) is 14.0. The van der Waals surface area contributed by atoms with Gasteiger partial charge in [0.1, 0.15) is 19.3 Å². The Kier molecular flexibility index (Phi) is 59.6. The average Bonchev–Trinajstić information content (AvgIpc) is 3.47. The molecule has 10 heteroatoms. The van der Waals surface area contributed by atoms with Crippen molar-refractivity contribution in [2.75, 3.05) is 40.9 Å². The molecule has 0 saturated carbocycles. The van der Waals surface area contributed by atoms with Gasteiger partial charge in [0.05, 0.1) is 33.8 Å². The number of hydrogen-bond acceptors (Lipinski definition) is 6. The lowest BCUT2D eigenvalue weighted by atomic mass is 10.0. The first-order chi connectivity index (χ1) is 39.9. The summed E-state index contributed by atoms with van der Waals surface area (Å²) >= 11 is 0. The van der Waals surface area contributed by atoms with Crippen molar-refractivity contribution in [3.05, 3.63) is 72.9 Å². The number of hydrogen-bond donors (Lipinski definition) is 2. The molecule has 3 atom stereocenters. The second kappa shape index (κ2) is 61.5. The summed E-state index contributed by atoms with van der Waals surface area (Å²) in [4.78, 5) is 37.9. The maximum atomic E-state index is 13.6. The Labute approximate surface area is 508 Å². The number of carbonyl (C=O) groups excluding carboxylic acids is 2. The molecule has 0 aliphatic carbocycles. The molecule has 1 amide bonds. The van der Waals surface area contributed by atoms with E-state index in [-0.39, 0.29) is 31.5 Å². The molecule has 0 aromatic heterocycles. The van der Waals surface area contributed by atoms with Crippen LogP contribution in [0.1, 0.15) is 323 Å². The first-order valence-corrected chi connectivity index (χ1v) is 36.3. The van der Waals surface area contributed by atoms with Gasteiger partial charge in [-0.25, -0.2) is 4.57 Å². The van der Waals surface area contributed by atoms with Gasteiger partial charge in [0.25, 0.3) is 0 Å². The Morgan fingerprint density at radius 2 is 0.744 bits per heavy atom. The average molecular weight is 1170 g/mol. The van der Waals surface area contributed by atoms with Crippen LogP contribution in [0.25, 0.3) is 0 Å². The fourth-order valence-electron chi connectivity index (χ4n) is 9.98. The molecule has 0 heterocycles. The molecule has 0 rings (SSSR count). The molecule has 0 aromatic carbocycles. The van der Waals surface area contributed by atoms with E-state index in [1.807, 2.05) is 33.3 Å². The van der Waals surface area contributed by atoms with E-state index in [9.17, 15) is 19.0 Å². The molecule has 0 fully saturated rings. The van der Waals surface area contributed by atoms with Crippen LogP contribution in [0.4, 0.5) is 0 Å². The Hall–Kier alpha value is -2.55. The van der Waals surface area contributed by atoms with Gasteiger partial charge in [0.2, 0.25) is 5.91 Å². The van der Waals surface area contributed by atoms with Crippen molar-refractivity contribution in [3.63, 3.8) is 0 Å². The maximum Gasteiger partial charge on any atom is 0.472 e. The van der Waals surface area contributed by atoms with Gasteiger partial charge in [-0.2, -0.15) is 0 Å². The molecule has 0 radical (unpaired) electrons. The van der Waals surface area contributed by atoms with Crippen LogP contribution in [-0.2, 0) is 27.9 Å². The molecular formula is C72H134N2O7P+. The van der Waals surface area contributed by atoms with E-state index in [1.165, 1.54) is 212 Å². The second-order valence-corrected chi connectivity index (χ2v) is 26.1. The van der Waals surface area contributed by atoms with E-state index in [2.05, 4.69) is 86.8 Å². The van der Waals surface area contributed by atoms with Gasteiger partial charge in [-0.05, 0) is 102 Å². The predicted molar refractivity (Wildman–Crippen MR) is 355 cm³/mol. The second-order valence-electron chi connectivity index (χ2n) is 24.7. The van der Waals surface area contributed by atoms with Crippen molar-refractivity contribution in [1.82, 2.24) is 5.32 Å². The van der Waals surface area contributed by atoms with Crippen molar-refractivity contribution >= 4 is 19.7 Å². The molecule has 0 spiro atoms. The van der Waals surface area contributed by atoms with Crippen LogP contribution in [0.5, 0.6) is 0 Å². The summed E-state index contributed by atoms with van der Waals surface area (Å²) in [5.74, 6) is -0.504. The van der Waals surface area contributed by atoms with Crippen molar-refractivity contribution in [2.24, 2.45) is 0 Å². The first kappa shape index (κ1) is 79.5. The zero-order valence-corrected chi connectivity index (χ0v) is 55.6. The van der Waals surface area contributed by atoms with E-state index >= 15 is 0 Å². The van der Waals surface area contributed by atoms with Crippen molar-refractivity contribution in [2.45, 2.75) is 335 Å². The highest BCUT2D eigenvalue weighted by Gasteiger charge is 2.30. The molecule has 82 heavy (non-hydrogen) atoms. The van der Waals surface area contributed by atoms with Crippen LogP contribution in [0.15, 0.2) is 72.9 Å². The molecule has 0 aliphatic heterocycles. The summed E-state index contributed by atoms with van der Waals surface area (Å²) in [6.07, 6.45) is 80.4.